The first-order valence-corrected chi connectivity index (χ1v) is 7.85. The number of piperidine rings is 1. The topological polar surface area (TPSA) is 103 Å². The number of carboxylic acid groups (broad SMARTS) is 1. The minimum absolute atomic E-state index is 0.264. The van der Waals surface area contributed by atoms with Gasteiger partial charge in [0.1, 0.15) is 11.9 Å². The number of fused-ring (bicyclic) bond motifs is 1. The van der Waals surface area contributed by atoms with Crippen LogP contribution in [0.3, 0.4) is 0 Å². The second kappa shape index (κ2) is 5.99. The highest BCUT2D eigenvalue weighted by molar-refractivity contribution is 5.88. The molecule has 1 atom stereocenters. The molecule has 2 heterocycles. The van der Waals surface area contributed by atoms with Crippen molar-refractivity contribution in [1.29, 1.82) is 0 Å². The number of aliphatic hydroxyl groups is 2. The van der Waals surface area contributed by atoms with E-state index in [1.165, 1.54) is 12.0 Å². The molecule has 1 aliphatic rings. The van der Waals surface area contributed by atoms with Crippen molar-refractivity contribution in [2.45, 2.75) is 31.5 Å². The Hall–Kier alpha value is -2.25. The molecule has 0 saturated carbocycles. The average Bonchev–Trinajstić information content (AvgIpc) is 2.99. The molecular formula is C17H21NO6. The summed E-state index contributed by atoms with van der Waals surface area (Å²) in [5.41, 5.74) is -0.00461. The summed E-state index contributed by atoms with van der Waals surface area (Å²) in [6.45, 7) is 2.13. The maximum absolute atomic E-state index is 11.1. The first kappa shape index (κ1) is 16.6. The Morgan fingerprint density at radius 2 is 2.04 bits per heavy atom. The normalized spacial score (nSPS) is 18.6. The van der Waals surface area contributed by atoms with E-state index in [1.54, 1.807) is 25.1 Å². The monoisotopic (exact) mass is 335 g/mol. The maximum atomic E-state index is 11.1. The van der Waals surface area contributed by atoms with E-state index in [2.05, 4.69) is 0 Å². The summed E-state index contributed by atoms with van der Waals surface area (Å²) in [5, 5.41) is 30.6. The van der Waals surface area contributed by atoms with Gasteiger partial charge in [0.15, 0.2) is 11.3 Å². The number of likely N-dealkylation sites (tertiary alicyclic amines) is 1. The van der Waals surface area contributed by atoms with Gasteiger partial charge in [0, 0.05) is 18.5 Å². The van der Waals surface area contributed by atoms with Gasteiger partial charge in [-0.3, -0.25) is 0 Å². The Morgan fingerprint density at radius 1 is 1.38 bits per heavy atom. The lowest BCUT2D eigenvalue weighted by atomic mass is 9.82. The van der Waals surface area contributed by atoms with Crippen molar-refractivity contribution < 1.29 is 29.3 Å². The summed E-state index contributed by atoms with van der Waals surface area (Å²) in [5.74, 6) is 0.912. The number of rotatable bonds is 3. The van der Waals surface area contributed by atoms with Gasteiger partial charge in [-0.25, -0.2) is 4.79 Å². The third-order valence-corrected chi connectivity index (χ3v) is 4.66. The van der Waals surface area contributed by atoms with Crippen LogP contribution in [0.1, 0.15) is 37.2 Å². The highest BCUT2D eigenvalue weighted by Gasteiger charge is 2.37. The predicted octanol–water partition coefficient (Wildman–Crippen LogP) is 2.46. The molecule has 7 nitrogen and oxygen atoms in total. The lowest BCUT2D eigenvalue weighted by Crippen LogP contribution is -2.44. The van der Waals surface area contributed by atoms with E-state index >= 15 is 0 Å². The van der Waals surface area contributed by atoms with E-state index < -0.39 is 17.8 Å². The standard InChI is InChI=1S/C17H21NO6/c1-10(19)14-9-11-12(3-4-13(23-2)15(11)24-14)17(22)5-7-18(8-6-17)16(20)21/h3-4,9-10,19,22H,5-8H2,1-2H3,(H,20,21). The molecule has 0 aliphatic carbocycles. The molecule has 3 rings (SSSR count). The van der Waals surface area contributed by atoms with Gasteiger partial charge in [0.2, 0.25) is 0 Å². The SMILES string of the molecule is COc1ccc(C2(O)CCN(C(=O)O)CC2)c2cc(C(C)O)oc12. The highest BCUT2D eigenvalue weighted by atomic mass is 16.5. The number of ether oxygens (including phenoxy) is 1. The number of carbonyl (C=O) groups is 1. The van der Waals surface area contributed by atoms with Crippen LogP contribution < -0.4 is 4.74 Å². The molecule has 7 heteroatoms. The van der Waals surface area contributed by atoms with E-state index in [0.29, 0.717) is 40.9 Å². The van der Waals surface area contributed by atoms with Crippen LogP contribution in [0.15, 0.2) is 22.6 Å². The van der Waals surface area contributed by atoms with E-state index in [1.807, 2.05) is 0 Å². The van der Waals surface area contributed by atoms with Gasteiger partial charge in [0.05, 0.1) is 12.7 Å². The number of hydrogen-bond donors (Lipinski definition) is 3. The van der Waals surface area contributed by atoms with Crippen LogP contribution in [0.25, 0.3) is 11.0 Å². The summed E-state index contributed by atoms with van der Waals surface area (Å²) >= 11 is 0. The molecule has 1 aliphatic heterocycles. The minimum atomic E-state index is -1.14. The van der Waals surface area contributed by atoms with E-state index in [9.17, 15) is 15.0 Å². The molecule has 1 aromatic heterocycles. The molecule has 1 amide bonds. The van der Waals surface area contributed by atoms with E-state index in [0.717, 1.165) is 0 Å². The molecule has 2 aromatic rings. The molecule has 0 spiro atoms. The van der Waals surface area contributed by atoms with Gasteiger partial charge in [-0.15, -0.1) is 0 Å². The smallest absolute Gasteiger partial charge is 0.407 e. The highest BCUT2D eigenvalue weighted by Crippen LogP contribution is 2.41. The summed E-state index contributed by atoms with van der Waals surface area (Å²) < 4.78 is 11.0. The average molecular weight is 335 g/mol. The fourth-order valence-corrected chi connectivity index (χ4v) is 3.23. The van der Waals surface area contributed by atoms with Crippen molar-refractivity contribution in [2.75, 3.05) is 20.2 Å². The lowest BCUT2D eigenvalue weighted by Gasteiger charge is -2.37. The minimum Gasteiger partial charge on any atom is -0.493 e. The maximum Gasteiger partial charge on any atom is 0.407 e. The van der Waals surface area contributed by atoms with Crippen LogP contribution in [-0.4, -0.2) is 46.5 Å². The van der Waals surface area contributed by atoms with Crippen molar-refractivity contribution in [3.8, 4) is 5.75 Å². The number of aliphatic hydroxyl groups excluding tert-OH is 1. The molecule has 0 radical (unpaired) electrons. The second-order valence-electron chi connectivity index (χ2n) is 6.18. The number of amides is 1. The third kappa shape index (κ3) is 2.70. The summed E-state index contributed by atoms with van der Waals surface area (Å²) in [7, 11) is 1.53. The Balaban J connectivity index is 2.05. The molecule has 130 valence electrons. The summed E-state index contributed by atoms with van der Waals surface area (Å²) in [4.78, 5) is 12.4. The Kier molecular flexibility index (Phi) is 4.15. The fraction of sp³-hybridized carbons (Fsp3) is 0.471. The third-order valence-electron chi connectivity index (χ3n) is 4.66. The van der Waals surface area contributed by atoms with Crippen LogP contribution in [0, 0.1) is 0 Å². The zero-order valence-corrected chi connectivity index (χ0v) is 13.7. The molecule has 1 unspecified atom stereocenters. The number of furan rings is 1. The van der Waals surface area contributed by atoms with Crippen LogP contribution in [0.4, 0.5) is 4.79 Å². The van der Waals surface area contributed by atoms with Gasteiger partial charge in [-0.1, -0.05) is 6.07 Å². The predicted molar refractivity (Wildman–Crippen MR) is 86.1 cm³/mol. The summed E-state index contributed by atoms with van der Waals surface area (Å²) in [6.07, 6.45) is -1.15. The van der Waals surface area contributed by atoms with Crippen molar-refractivity contribution in [2.24, 2.45) is 0 Å². The molecular weight excluding hydrogens is 314 g/mol. The van der Waals surface area contributed by atoms with Crippen LogP contribution in [-0.2, 0) is 5.60 Å². The Bertz CT molecular complexity index is 758. The molecule has 1 fully saturated rings. The van der Waals surface area contributed by atoms with Gasteiger partial charge in [0.25, 0.3) is 0 Å². The van der Waals surface area contributed by atoms with Gasteiger partial charge in [-0.2, -0.15) is 0 Å². The van der Waals surface area contributed by atoms with Crippen LogP contribution in [0.5, 0.6) is 5.75 Å². The van der Waals surface area contributed by atoms with E-state index in [-0.39, 0.29) is 13.1 Å². The van der Waals surface area contributed by atoms with Crippen molar-refractivity contribution in [3.05, 3.63) is 29.5 Å². The number of nitrogens with zero attached hydrogens (tertiary/aromatic N) is 1. The molecule has 3 N–H and O–H groups in total. The van der Waals surface area contributed by atoms with Crippen molar-refractivity contribution in [3.63, 3.8) is 0 Å². The molecule has 24 heavy (non-hydrogen) atoms. The summed E-state index contributed by atoms with van der Waals surface area (Å²) in [6, 6.07) is 5.20. The van der Waals surface area contributed by atoms with Gasteiger partial charge < -0.3 is 29.4 Å². The largest absolute Gasteiger partial charge is 0.493 e. The number of hydrogen-bond acceptors (Lipinski definition) is 5. The van der Waals surface area contributed by atoms with Crippen molar-refractivity contribution >= 4 is 17.1 Å². The van der Waals surface area contributed by atoms with Gasteiger partial charge in [-0.05, 0) is 37.5 Å². The van der Waals surface area contributed by atoms with Crippen molar-refractivity contribution in [1.82, 2.24) is 4.90 Å². The first-order chi connectivity index (χ1) is 11.4. The molecule has 0 bridgehead atoms. The second-order valence-corrected chi connectivity index (χ2v) is 6.18. The van der Waals surface area contributed by atoms with Crippen LogP contribution >= 0.6 is 0 Å². The van der Waals surface area contributed by atoms with E-state index in [4.69, 9.17) is 14.3 Å². The lowest BCUT2D eigenvalue weighted by molar-refractivity contribution is -0.0201. The van der Waals surface area contributed by atoms with Gasteiger partial charge >= 0.3 is 6.09 Å². The zero-order chi connectivity index (χ0) is 17.5. The number of benzene rings is 1. The number of methoxy groups -OCH3 is 1. The fourth-order valence-electron chi connectivity index (χ4n) is 3.23. The molecule has 1 aromatic carbocycles. The Labute approximate surface area is 139 Å². The quantitative estimate of drug-likeness (QED) is 0.796. The first-order valence-electron chi connectivity index (χ1n) is 7.85. The Morgan fingerprint density at radius 3 is 2.58 bits per heavy atom. The zero-order valence-electron chi connectivity index (χ0n) is 13.7. The van der Waals surface area contributed by atoms with Crippen LogP contribution in [0.2, 0.25) is 0 Å². The molecule has 1 saturated heterocycles.